The third kappa shape index (κ3) is 5.47. The Bertz CT molecular complexity index is 773. The van der Waals surface area contributed by atoms with Crippen molar-refractivity contribution in [1.82, 2.24) is 9.97 Å². The molecule has 0 radical (unpaired) electrons. The molecule has 0 aliphatic carbocycles. The summed E-state index contributed by atoms with van der Waals surface area (Å²) in [7, 11) is 0. The fraction of sp³-hybridized carbons (Fsp3) is 0.143. The number of aromatic nitrogens is 2. The van der Waals surface area contributed by atoms with E-state index in [2.05, 4.69) is 20.6 Å². The lowest BCUT2D eigenvalue weighted by Gasteiger charge is -2.07. The molecule has 1 aromatic carbocycles. The van der Waals surface area contributed by atoms with Crippen LogP contribution in [0.2, 0.25) is 0 Å². The number of nitrogen functional groups attached to an aromatic ring is 1. The Morgan fingerprint density at radius 1 is 1.22 bits per heavy atom. The van der Waals surface area contributed by atoms with Crippen LogP contribution in [0.5, 0.6) is 0 Å². The maximum absolute atomic E-state index is 11.9. The van der Waals surface area contributed by atoms with Gasteiger partial charge in [-0.15, -0.1) is 0 Å². The summed E-state index contributed by atoms with van der Waals surface area (Å²) < 4.78 is 0. The van der Waals surface area contributed by atoms with Gasteiger partial charge in [-0.25, -0.2) is 4.98 Å². The number of amides is 2. The molecular weight excluding hydrogens is 318 g/mol. The number of hydrogen-bond donors (Lipinski definition) is 4. The molecule has 0 bridgehead atoms. The van der Waals surface area contributed by atoms with E-state index in [-0.39, 0.29) is 34.1 Å². The quantitative estimate of drug-likeness (QED) is 0.478. The van der Waals surface area contributed by atoms with Gasteiger partial charge in [0, 0.05) is 24.4 Å². The van der Waals surface area contributed by atoms with Gasteiger partial charge in [0.2, 0.25) is 11.8 Å². The monoisotopic (exact) mass is 333 g/mol. The standard InChI is InChI=1S/C14H15N5O3S/c1-8(20)16-9-2-4-10(5-3-9)17-13(22)7-23-14-18-11(15)6-12(21)19-14/h2-6H,7H2,1H3,(H,16,20)(H,17,22)(H3,15,18,19,21). The second-order valence-electron chi connectivity index (χ2n) is 4.57. The second kappa shape index (κ2) is 7.45. The van der Waals surface area contributed by atoms with Gasteiger partial charge < -0.3 is 21.4 Å². The number of nitrogens with one attached hydrogen (secondary N) is 3. The topological polar surface area (TPSA) is 130 Å². The van der Waals surface area contributed by atoms with Crippen molar-refractivity contribution in [3.05, 3.63) is 40.7 Å². The fourth-order valence-electron chi connectivity index (χ4n) is 1.69. The number of nitrogens with zero attached hydrogens (tertiary/aromatic N) is 1. The van der Waals surface area contributed by atoms with Crippen LogP contribution in [-0.4, -0.2) is 27.5 Å². The lowest BCUT2D eigenvalue weighted by atomic mass is 10.3. The lowest BCUT2D eigenvalue weighted by Crippen LogP contribution is -2.15. The number of nitrogens with two attached hydrogens (primary N) is 1. The van der Waals surface area contributed by atoms with Crippen LogP contribution in [-0.2, 0) is 9.59 Å². The Balaban J connectivity index is 1.89. The molecule has 0 aliphatic heterocycles. The number of thioether (sulfide) groups is 1. The molecular formula is C14H15N5O3S. The van der Waals surface area contributed by atoms with Gasteiger partial charge in [0.15, 0.2) is 5.16 Å². The Morgan fingerprint density at radius 3 is 2.39 bits per heavy atom. The van der Waals surface area contributed by atoms with Crippen molar-refractivity contribution in [2.24, 2.45) is 0 Å². The van der Waals surface area contributed by atoms with Crippen LogP contribution >= 0.6 is 11.8 Å². The predicted molar refractivity (Wildman–Crippen MR) is 89.4 cm³/mol. The molecule has 23 heavy (non-hydrogen) atoms. The van der Waals surface area contributed by atoms with E-state index < -0.39 is 0 Å². The van der Waals surface area contributed by atoms with Gasteiger partial charge in [-0.3, -0.25) is 14.4 Å². The van der Waals surface area contributed by atoms with E-state index in [0.29, 0.717) is 11.4 Å². The molecule has 0 saturated heterocycles. The Labute approximate surface area is 135 Å². The molecule has 2 amide bonds. The molecule has 1 aromatic heterocycles. The average molecular weight is 333 g/mol. The van der Waals surface area contributed by atoms with Crippen molar-refractivity contribution in [3.8, 4) is 0 Å². The van der Waals surface area contributed by atoms with E-state index in [0.717, 1.165) is 11.8 Å². The zero-order chi connectivity index (χ0) is 16.8. The molecule has 5 N–H and O–H groups in total. The largest absolute Gasteiger partial charge is 0.383 e. The van der Waals surface area contributed by atoms with Gasteiger partial charge in [0.25, 0.3) is 5.56 Å². The first-order valence-electron chi connectivity index (χ1n) is 6.59. The summed E-state index contributed by atoms with van der Waals surface area (Å²) in [5, 5.41) is 5.61. The summed E-state index contributed by atoms with van der Waals surface area (Å²) in [5.41, 5.74) is 6.34. The minimum Gasteiger partial charge on any atom is -0.383 e. The molecule has 0 aliphatic rings. The van der Waals surface area contributed by atoms with Crippen molar-refractivity contribution >= 4 is 40.8 Å². The number of anilines is 3. The zero-order valence-corrected chi connectivity index (χ0v) is 13.1. The first kappa shape index (κ1) is 16.6. The normalized spacial score (nSPS) is 10.1. The highest BCUT2D eigenvalue weighted by Crippen LogP contribution is 2.15. The van der Waals surface area contributed by atoms with E-state index in [9.17, 15) is 14.4 Å². The number of benzene rings is 1. The van der Waals surface area contributed by atoms with Gasteiger partial charge in [-0.05, 0) is 24.3 Å². The van der Waals surface area contributed by atoms with Crippen LogP contribution in [0.3, 0.4) is 0 Å². The maximum atomic E-state index is 11.9. The number of carbonyl (C=O) groups excluding carboxylic acids is 2. The lowest BCUT2D eigenvalue weighted by molar-refractivity contribution is -0.114. The van der Waals surface area contributed by atoms with E-state index in [1.165, 1.54) is 13.0 Å². The Morgan fingerprint density at radius 2 is 1.83 bits per heavy atom. The molecule has 1 heterocycles. The molecule has 120 valence electrons. The number of aromatic amines is 1. The molecule has 0 spiro atoms. The van der Waals surface area contributed by atoms with Crippen molar-refractivity contribution < 1.29 is 9.59 Å². The zero-order valence-electron chi connectivity index (χ0n) is 12.3. The highest BCUT2D eigenvalue weighted by molar-refractivity contribution is 7.99. The van der Waals surface area contributed by atoms with E-state index >= 15 is 0 Å². The van der Waals surface area contributed by atoms with Crippen molar-refractivity contribution in [2.45, 2.75) is 12.1 Å². The number of H-pyrrole nitrogens is 1. The van der Waals surface area contributed by atoms with Crippen molar-refractivity contribution in [3.63, 3.8) is 0 Å². The van der Waals surface area contributed by atoms with Crippen LogP contribution in [0.25, 0.3) is 0 Å². The fourth-order valence-corrected chi connectivity index (χ4v) is 2.38. The van der Waals surface area contributed by atoms with Gasteiger partial charge >= 0.3 is 0 Å². The third-order valence-electron chi connectivity index (χ3n) is 2.57. The van der Waals surface area contributed by atoms with E-state index in [1.807, 2.05) is 0 Å². The third-order valence-corrected chi connectivity index (χ3v) is 3.44. The SMILES string of the molecule is CC(=O)Nc1ccc(NC(=O)CSc2nc(N)cc(=O)[nH]2)cc1. The average Bonchev–Trinajstić information content (AvgIpc) is 2.46. The number of carbonyl (C=O) groups is 2. The van der Waals surface area contributed by atoms with Gasteiger partial charge in [0.05, 0.1) is 5.75 Å². The molecule has 0 fully saturated rings. The van der Waals surface area contributed by atoms with Gasteiger partial charge in [0.1, 0.15) is 5.82 Å². The summed E-state index contributed by atoms with van der Waals surface area (Å²) in [4.78, 5) is 40.4. The predicted octanol–water partition coefficient (Wildman–Crippen LogP) is 1.04. The van der Waals surface area contributed by atoms with Crippen molar-refractivity contribution in [2.75, 3.05) is 22.1 Å². The Hall–Kier alpha value is -2.81. The number of rotatable bonds is 5. The van der Waals surface area contributed by atoms with E-state index in [4.69, 9.17) is 5.73 Å². The Kier molecular flexibility index (Phi) is 5.36. The second-order valence-corrected chi connectivity index (χ2v) is 5.53. The number of hydrogen-bond acceptors (Lipinski definition) is 6. The molecule has 8 nitrogen and oxygen atoms in total. The summed E-state index contributed by atoms with van der Waals surface area (Å²) in [6.45, 7) is 1.42. The molecule has 2 aromatic rings. The minimum atomic E-state index is -0.367. The van der Waals surface area contributed by atoms with Crippen LogP contribution in [0.1, 0.15) is 6.92 Å². The highest BCUT2D eigenvalue weighted by atomic mass is 32.2. The van der Waals surface area contributed by atoms with Crippen LogP contribution < -0.4 is 21.9 Å². The first-order valence-corrected chi connectivity index (χ1v) is 7.58. The summed E-state index contributed by atoms with van der Waals surface area (Å²) in [5.74, 6) is -0.251. The summed E-state index contributed by atoms with van der Waals surface area (Å²) >= 11 is 1.07. The molecule has 0 saturated carbocycles. The minimum absolute atomic E-state index is 0.0693. The summed E-state index contributed by atoms with van der Waals surface area (Å²) in [6, 6.07) is 7.88. The van der Waals surface area contributed by atoms with Gasteiger partial charge in [-0.2, -0.15) is 0 Å². The first-order chi connectivity index (χ1) is 10.9. The van der Waals surface area contributed by atoms with Gasteiger partial charge in [-0.1, -0.05) is 11.8 Å². The highest BCUT2D eigenvalue weighted by Gasteiger charge is 2.06. The van der Waals surface area contributed by atoms with Crippen molar-refractivity contribution in [1.29, 1.82) is 0 Å². The van der Waals surface area contributed by atoms with Crippen LogP contribution in [0.4, 0.5) is 17.2 Å². The molecule has 0 unspecified atom stereocenters. The van der Waals surface area contributed by atoms with Crippen LogP contribution in [0, 0.1) is 0 Å². The molecule has 0 atom stereocenters. The maximum Gasteiger partial charge on any atom is 0.253 e. The summed E-state index contributed by atoms with van der Waals surface area (Å²) in [6.07, 6.45) is 0. The van der Waals surface area contributed by atoms with E-state index in [1.54, 1.807) is 24.3 Å². The molecule has 9 heteroatoms. The molecule has 2 rings (SSSR count). The smallest absolute Gasteiger partial charge is 0.253 e. The van der Waals surface area contributed by atoms with Crippen LogP contribution in [0.15, 0.2) is 40.3 Å².